The van der Waals surface area contributed by atoms with Gasteiger partial charge >= 0.3 is 0 Å². The molecule has 0 bridgehead atoms. The molecule has 0 fully saturated rings. The van der Waals surface area contributed by atoms with E-state index in [1.54, 1.807) is 0 Å². The van der Waals surface area contributed by atoms with Gasteiger partial charge in [-0.1, -0.05) is 36.8 Å². The van der Waals surface area contributed by atoms with Gasteiger partial charge in [0, 0.05) is 5.56 Å². The highest BCUT2D eigenvalue weighted by Crippen LogP contribution is 2.21. The maximum atomic E-state index is 11.7. The van der Waals surface area contributed by atoms with Gasteiger partial charge in [0.2, 0.25) is 0 Å². The van der Waals surface area contributed by atoms with Gasteiger partial charge in [-0.15, -0.1) is 0 Å². The molecule has 0 saturated carbocycles. The van der Waals surface area contributed by atoms with Crippen molar-refractivity contribution in [3.8, 4) is 11.3 Å². The molecule has 0 unspecified atom stereocenters. The number of aryl methyl sites for hydroxylation is 3. The van der Waals surface area contributed by atoms with Crippen LogP contribution in [-0.2, 0) is 6.42 Å². The first-order valence-corrected chi connectivity index (χ1v) is 5.91. The number of pyridine rings is 1. The summed E-state index contributed by atoms with van der Waals surface area (Å²) in [6.45, 7) is 6.00. The molecule has 2 rings (SSSR count). The van der Waals surface area contributed by atoms with E-state index in [0.29, 0.717) is 0 Å². The molecule has 0 atom stereocenters. The molecule has 0 radical (unpaired) electrons. The number of H-pyrrole nitrogens is 1. The molecule has 1 aromatic carbocycles. The third kappa shape index (κ3) is 2.31. The lowest BCUT2D eigenvalue weighted by Crippen LogP contribution is -2.12. The molecule has 0 amide bonds. The van der Waals surface area contributed by atoms with Crippen molar-refractivity contribution in [2.24, 2.45) is 0 Å². The molecule has 2 heteroatoms. The number of hydrogen-bond acceptors (Lipinski definition) is 1. The van der Waals surface area contributed by atoms with Crippen molar-refractivity contribution in [3.05, 3.63) is 57.4 Å². The summed E-state index contributed by atoms with van der Waals surface area (Å²) < 4.78 is 0. The van der Waals surface area contributed by atoms with Crippen LogP contribution in [0, 0.1) is 13.8 Å². The van der Waals surface area contributed by atoms with E-state index in [0.717, 1.165) is 23.2 Å². The lowest BCUT2D eigenvalue weighted by Gasteiger charge is -2.09. The Bertz CT molecular complexity index is 579. The van der Waals surface area contributed by atoms with Crippen molar-refractivity contribution in [1.82, 2.24) is 4.98 Å². The maximum Gasteiger partial charge on any atom is 0.251 e. The zero-order valence-electron chi connectivity index (χ0n) is 10.5. The van der Waals surface area contributed by atoms with Gasteiger partial charge in [0.1, 0.15) is 0 Å². The fourth-order valence-electron chi connectivity index (χ4n) is 1.95. The van der Waals surface area contributed by atoms with Crippen LogP contribution in [0.25, 0.3) is 11.3 Å². The fourth-order valence-corrected chi connectivity index (χ4v) is 1.95. The molecule has 1 aromatic heterocycles. The monoisotopic (exact) mass is 227 g/mol. The maximum absolute atomic E-state index is 11.7. The van der Waals surface area contributed by atoms with E-state index < -0.39 is 0 Å². The number of aromatic nitrogens is 1. The second kappa shape index (κ2) is 4.58. The Morgan fingerprint density at radius 1 is 1.12 bits per heavy atom. The van der Waals surface area contributed by atoms with Crippen LogP contribution in [0.5, 0.6) is 0 Å². The quantitative estimate of drug-likeness (QED) is 0.839. The minimum Gasteiger partial charge on any atom is -0.321 e. The van der Waals surface area contributed by atoms with Crippen LogP contribution in [0.4, 0.5) is 0 Å². The molecule has 17 heavy (non-hydrogen) atoms. The molecule has 0 spiro atoms. The van der Waals surface area contributed by atoms with Crippen LogP contribution >= 0.6 is 0 Å². The van der Waals surface area contributed by atoms with E-state index in [1.165, 1.54) is 11.1 Å². The van der Waals surface area contributed by atoms with Crippen LogP contribution in [0.3, 0.4) is 0 Å². The van der Waals surface area contributed by atoms with E-state index in [-0.39, 0.29) is 5.56 Å². The Kier molecular flexibility index (Phi) is 3.14. The molecule has 88 valence electrons. The van der Waals surface area contributed by atoms with Crippen LogP contribution in [-0.4, -0.2) is 4.98 Å². The van der Waals surface area contributed by atoms with Crippen molar-refractivity contribution in [2.45, 2.75) is 27.2 Å². The largest absolute Gasteiger partial charge is 0.321 e. The average molecular weight is 227 g/mol. The van der Waals surface area contributed by atoms with Gasteiger partial charge in [-0.2, -0.15) is 0 Å². The summed E-state index contributed by atoms with van der Waals surface area (Å²) in [7, 11) is 0. The van der Waals surface area contributed by atoms with Gasteiger partial charge in [0.25, 0.3) is 5.56 Å². The van der Waals surface area contributed by atoms with Crippen molar-refractivity contribution in [3.63, 3.8) is 0 Å². The lowest BCUT2D eigenvalue weighted by molar-refractivity contribution is 1.07. The topological polar surface area (TPSA) is 32.9 Å². The van der Waals surface area contributed by atoms with E-state index in [9.17, 15) is 4.79 Å². The predicted octanol–water partition coefficient (Wildman–Crippen LogP) is 3.22. The Labute approximate surface area is 101 Å². The highest BCUT2D eigenvalue weighted by Gasteiger charge is 2.06. The third-order valence-corrected chi connectivity index (χ3v) is 3.03. The van der Waals surface area contributed by atoms with E-state index in [2.05, 4.69) is 43.1 Å². The molecule has 0 aliphatic carbocycles. The van der Waals surface area contributed by atoms with Crippen molar-refractivity contribution >= 4 is 0 Å². The Hall–Kier alpha value is -1.83. The molecule has 0 aliphatic rings. The lowest BCUT2D eigenvalue weighted by atomic mass is 10.0. The highest BCUT2D eigenvalue weighted by molar-refractivity contribution is 5.63. The van der Waals surface area contributed by atoms with Crippen molar-refractivity contribution < 1.29 is 0 Å². The molecule has 0 saturated heterocycles. The molecule has 1 heterocycles. The smallest absolute Gasteiger partial charge is 0.251 e. The summed E-state index contributed by atoms with van der Waals surface area (Å²) in [6.07, 6.45) is 0.917. The van der Waals surface area contributed by atoms with E-state index in [1.807, 2.05) is 13.0 Å². The standard InChI is InChI=1S/C15H17NO/c1-4-12-9-11(3)15(17)16-14(12)13-7-5-10(2)6-8-13/h5-9H,4H2,1-3H3,(H,16,17). The minimum absolute atomic E-state index is 0.00206. The van der Waals surface area contributed by atoms with Crippen LogP contribution in [0.2, 0.25) is 0 Å². The number of nitrogens with one attached hydrogen (secondary N) is 1. The van der Waals surface area contributed by atoms with Crippen LogP contribution < -0.4 is 5.56 Å². The van der Waals surface area contributed by atoms with Gasteiger partial charge in [-0.3, -0.25) is 4.79 Å². The zero-order chi connectivity index (χ0) is 12.4. The summed E-state index contributed by atoms with van der Waals surface area (Å²) in [5, 5.41) is 0. The minimum atomic E-state index is -0.00206. The number of benzene rings is 1. The Morgan fingerprint density at radius 3 is 2.35 bits per heavy atom. The summed E-state index contributed by atoms with van der Waals surface area (Å²) in [5.41, 5.74) is 5.20. The summed E-state index contributed by atoms with van der Waals surface area (Å²) in [5.74, 6) is 0. The van der Waals surface area contributed by atoms with Crippen molar-refractivity contribution in [2.75, 3.05) is 0 Å². The zero-order valence-corrected chi connectivity index (χ0v) is 10.5. The average Bonchev–Trinajstić information content (AvgIpc) is 2.33. The first-order chi connectivity index (χ1) is 8.11. The van der Waals surface area contributed by atoms with Gasteiger partial charge in [-0.05, 0) is 37.5 Å². The molecule has 1 N–H and O–H groups in total. The highest BCUT2D eigenvalue weighted by atomic mass is 16.1. The van der Waals surface area contributed by atoms with Gasteiger partial charge in [0.05, 0.1) is 5.69 Å². The normalized spacial score (nSPS) is 10.5. The number of aromatic amines is 1. The molecule has 2 nitrogen and oxygen atoms in total. The summed E-state index contributed by atoms with van der Waals surface area (Å²) in [4.78, 5) is 14.7. The second-order valence-electron chi connectivity index (χ2n) is 4.40. The number of hydrogen-bond donors (Lipinski definition) is 1. The van der Waals surface area contributed by atoms with Gasteiger partial charge in [-0.25, -0.2) is 0 Å². The van der Waals surface area contributed by atoms with Crippen LogP contribution in [0.15, 0.2) is 35.1 Å². The third-order valence-electron chi connectivity index (χ3n) is 3.03. The van der Waals surface area contributed by atoms with Gasteiger partial charge < -0.3 is 4.98 Å². The molecular weight excluding hydrogens is 210 g/mol. The summed E-state index contributed by atoms with van der Waals surface area (Å²) in [6, 6.07) is 10.2. The molecule has 0 aliphatic heterocycles. The molecule has 2 aromatic rings. The predicted molar refractivity (Wildman–Crippen MR) is 71.4 cm³/mol. The van der Waals surface area contributed by atoms with Crippen LogP contribution in [0.1, 0.15) is 23.6 Å². The van der Waals surface area contributed by atoms with Gasteiger partial charge in [0.15, 0.2) is 0 Å². The van der Waals surface area contributed by atoms with E-state index >= 15 is 0 Å². The van der Waals surface area contributed by atoms with E-state index in [4.69, 9.17) is 0 Å². The van der Waals surface area contributed by atoms with Crippen molar-refractivity contribution in [1.29, 1.82) is 0 Å². The first kappa shape index (κ1) is 11.6. The SMILES string of the molecule is CCc1cc(C)c(=O)[nH]c1-c1ccc(C)cc1. The fraction of sp³-hybridized carbons (Fsp3) is 0.267. The summed E-state index contributed by atoms with van der Waals surface area (Å²) >= 11 is 0. The molecular formula is C15H17NO. The Balaban J connectivity index is 2.62. The first-order valence-electron chi connectivity index (χ1n) is 5.91. The second-order valence-corrected chi connectivity index (χ2v) is 4.40. The number of rotatable bonds is 2. The Morgan fingerprint density at radius 2 is 1.76 bits per heavy atom.